The third-order valence-corrected chi connectivity index (χ3v) is 3.51. The molecule has 1 atom stereocenters. The van der Waals surface area contributed by atoms with Gasteiger partial charge in [0.2, 0.25) is 0 Å². The van der Waals surface area contributed by atoms with Crippen molar-refractivity contribution >= 4 is 0 Å². The lowest BCUT2D eigenvalue weighted by atomic mass is 9.96. The minimum absolute atomic E-state index is 0.0931. The Morgan fingerprint density at radius 2 is 1.81 bits per heavy atom. The lowest BCUT2D eigenvalue weighted by molar-refractivity contribution is 0.340. The van der Waals surface area contributed by atoms with Crippen LogP contribution >= 0.6 is 0 Å². The van der Waals surface area contributed by atoms with Crippen LogP contribution in [0.1, 0.15) is 29.7 Å². The van der Waals surface area contributed by atoms with E-state index in [1.165, 1.54) is 11.1 Å². The van der Waals surface area contributed by atoms with Crippen LogP contribution in [0.15, 0.2) is 42.5 Å². The van der Waals surface area contributed by atoms with Gasteiger partial charge in [-0.1, -0.05) is 29.8 Å². The molecule has 2 rings (SSSR count). The minimum Gasteiger partial charge on any atom is -0.496 e. The van der Waals surface area contributed by atoms with E-state index in [-0.39, 0.29) is 6.04 Å². The van der Waals surface area contributed by atoms with Crippen molar-refractivity contribution in [1.82, 2.24) is 5.32 Å². The van der Waals surface area contributed by atoms with E-state index in [1.807, 2.05) is 32.2 Å². The molecular formula is C18H23NO2. The smallest absolute Gasteiger partial charge is 0.123 e. The van der Waals surface area contributed by atoms with E-state index < -0.39 is 0 Å². The molecule has 0 heterocycles. The van der Waals surface area contributed by atoms with E-state index in [1.54, 1.807) is 7.11 Å². The van der Waals surface area contributed by atoms with E-state index in [0.717, 1.165) is 17.1 Å². The molecule has 0 aliphatic rings. The van der Waals surface area contributed by atoms with Crippen molar-refractivity contribution in [3.8, 4) is 11.5 Å². The van der Waals surface area contributed by atoms with Crippen LogP contribution in [0.2, 0.25) is 0 Å². The number of hydrogen-bond donors (Lipinski definition) is 1. The van der Waals surface area contributed by atoms with Crippen molar-refractivity contribution in [2.45, 2.75) is 19.9 Å². The number of methoxy groups -OCH3 is 1. The molecular weight excluding hydrogens is 262 g/mol. The molecule has 2 aromatic rings. The molecule has 1 N–H and O–H groups in total. The Hall–Kier alpha value is -2.00. The first-order valence-corrected chi connectivity index (χ1v) is 7.24. The van der Waals surface area contributed by atoms with Crippen LogP contribution in [0.4, 0.5) is 0 Å². The largest absolute Gasteiger partial charge is 0.496 e. The van der Waals surface area contributed by atoms with Crippen LogP contribution in [0.3, 0.4) is 0 Å². The van der Waals surface area contributed by atoms with E-state index in [0.29, 0.717) is 6.61 Å². The first-order chi connectivity index (χ1) is 10.2. The molecule has 0 aliphatic carbocycles. The molecule has 2 aromatic carbocycles. The molecule has 0 bridgehead atoms. The summed E-state index contributed by atoms with van der Waals surface area (Å²) in [7, 11) is 3.67. The molecule has 0 saturated carbocycles. The molecule has 1 unspecified atom stereocenters. The Morgan fingerprint density at radius 3 is 2.38 bits per heavy atom. The topological polar surface area (TPSA) is 30.5 Å². The molecule has 112 valence electrons. The van der Waals surface area contributed by atoms with Gasteiger partial charge in [-0.2, -0.15) is 0 Å². The maximum absolute atomic E-state index is 5.50. The molecule has 0 aromatic heterocycles. The van der Waals surface area contributed by atoms with Gasteiger partial charge in [0, 0.05) is 5.56 Å². The number of ether oxygens (including phenoxy) is 2. The van der Waals surface area contributed by atoms with Crippen LogP contribution in [0, 0.1) is 6.92 Å². The second-order valence-electron chi connectivity index (χ2n) is 4.97. The van der Waals surface area contributed by atoms with E-state index in [4.69, 9.17) is 9.47 Å². The minimum atomic E-state index is 0.0931. The van der Waals surface area contributed by atoms with Gasteiger partial charge < -0.3 is 14.8 Å². The number of benzene rings is 2. The van der Waals surface area contributed by atoms with Gasteiger partial charge in [-0.05, 0) is 44.7 Å². The molecule has 0 radical (unpaired) electrons. The van der Waals surface area contributed by atoms with Crippen molar-refractivity contribution < 1.29 is 9.47 Å². The molecule has 3 heteroatoms. The molecule has 3 nitrogen and oxygen atoms in total. The van der Waals surface area contributed by atoms with Crippen molar-refractivity contribution in [2.24, 2.45) is 0 Å². The summed E-state index contributed by atoms with van der Waals surface area (Å²) in [5.74, 6) is 1.79. The molecule has 0 fully saturated rings. The summed E-state index contributed by atoms with van der Waals surface area (Å²) in [4.78, 5) is 0. The second-order valence-corrected chi connectivity index (χ2v) is 4.97. The first kappa shape index (κ1) is 15.4. The Kier molecular flexibility index (Phi) is 5.23. The number of rotatable bonds is 6. The standard InChI is InChI=1S/C18H23NO2/c1-5-21-15-9-7-14(8-10-15)18(19-3)16-12-13(2)6-11-17(16)20-4/h6-12,18-19H,5H2,1-4H3. The van der Waals surface area contributed by atoms with Gasteiger partial charge >= 0.3 is 0 Å². The summed E-state index contributed by atoms with van der Waals surface area (Å²) < 4.78 is 11.0. The highest BCUT2D eigenvalue weighted by Crippen LogP contribution is 2.31. The quantitative estimate of drug-likeness (QED) is 0.877. The van der Waals surface area contributed by atoms with E-state index in [2.05, 4.69) is 36.5 Å². The predicted octanol–water partition coefficient (Wildman–Crippen LogP) is 3.71. The SMILES string of the molecule is CCOc1ccc(C(NC)c2cc(C)ccc2OC)cc1. The zero-order valence-electron chi connectivity index (χ0n) is 13.1. The number of hydrogen-bond acceptors (Lipinski definition) is 3. The first-order valence-electron chi connectivity index (χ1n) is 7.24. The van der Waals surface area contributed by atoms with Gasteiger partial charge in [-0.15, -0.1) is 0 Å². The maximum Gasteiger partial charge on any atom is 0.123 e. The third kappa shape index (κ3) is 3.56. The molecule has 0 saturated heterocycles. The van der Waals surface area contributed by atoms with Crippen molar-refractivity contribution in [1.29, 1.82) is 0 Å². The van der Waals surface area contributed by atoms with Crippen LogP contribution < -0.4 is 14.8 Å². The molecule has 21 heavy (non-hydrogen) atoms. The van der Waals surface area contributed by atoms with E-state index in [9.17, 15) is 0 Å². The summed E-state index contributed by atoms with van der Waals surface area (Å²) in [6.45, 7) is 4.76. The van der Waals surface area contributed by atoms with Gasteiger partial charge in [0.15, 0.2) is 0 Å². The fourth-order valence-electron chi connectivity index (χ4n) is 2.50. The van der Waals surface area contributed by atoms with Gasteiger partial charge in [-0.25, -0.2) is 0 Å². The summed E-state index contributed by atoms with van der Waals surface area (Å²) >= 11 is 0. The van der Waals surface area contributed by atoms with Crippen molar-refractivity contribution in [2.75, 3.05) is 20.8 Å². The molecule has 0 amide bonds. The highest BCUT2D eigenvalue weighted by atomic mass is 16.5. The Morgan fingerprint density at radius 1 is 1.10 bits per heavy atom. The normalized spacial score (nSPS) is 12.0. The fraction of sp³-hybridized carbons (Fsp3) is 0.333. The monoisotopic (exact) mass is 285 g/mol. The summed E-state index contributed by atoms with van der Waals surface area (Å²) in [5.41, 5.74) is 3.55. The van der Waals surface area contributed by atoms with Crippen LogP contribution in [-0.4, -0.2) is 20.8 Å². The predicted molar refractivity (Wildman–Crippen MR) is 86.2 cm³/mol. The Bertz CT molecular complexity index is 578. The zero-order chi connectivity index (χ0) is 15.2. The number of aryl methyl sites for hydroxylation is 1. The molecule has 0 spiro atoms. The van der Waals surface area contributed by atoms with Crippen LogP contribution in [0.5, 0.6) is 11.5 Å². The highest BCUT2D eigenvalue weighted by Gasteiger charge is 2.16. The zero-order valence-corrected chi connectivity index (χ0v) is 13.1. The molecule has 0 aliphatic heterocycles. The third-order valence-electron chi connectivity index (χ3n) is 3.51. The number of nitrogens with one attached hydrogen (secondary N) is 1. The average molecular weight is 285 g/mol. The average Bonchev–Trinajstić information content (AvgIpc) is 2.50. The lowest BCUT2D eigenvalue weighted by Gasteiger charge is -2.20. The van der Waals surface area contributed by atoms with Crippen molar-refractivity contribution in [3.63, 3.8) is 0 Å². The summed E-state index contributed by atoms with van der Waals surface area (Å²) in [5, 5.41) is 3.37. The van der Waals surface area contributed by atoms with Crippen molar-refractivity contribution in [3.05, 3.63) is 59.2 Å². The van der Waals surface area contributed by atoms with Crippen LogP contribution in [-0.2, 0) is 0 Å². The van der Waals surface area contributed by atoms with Gasteiger partial charge in [0.05, 0.1) is 19.8 Å². The van der Waals surface area contributed by atoms with Crippen LogP contribution in [0.25, 0.3) is 0 Å². The maximum atomic E-state index is 5.50. The fourth-order valence-corrected chi connectivity index (χ4v) is 2.50. The van der Waals surface area contributed by atoms with Gasteiger partial charge in [0.25, 0.3) is 0 Å². The van der Waals surface area contributed by atoms with E-state index >= 15 is 0 Å². The van der Waals surface area contributed by atoms with Gasteiger partial charge in [-0.3, -0.25) is 0 Å². The lowest BCUT2D eigenvalue weighted by Crippen LogP contribution is -2.18. The Balaban J connectivity index is 2.37. The Labute approximate surface area is 126 Å². The van der Waals surface area contributed by atoms with Gasteiger partial charge in [0.1, 0.15) is 11.5 Å². The second kappa shape index (κ2) is 7.14. The summed E-state index contributed by atoms with van der Waals surface area (Å²) in [6.07, 6.45) is 0. The highest BCUT2D eigenvalue weighted by molar-refractivity contribution is 5.44. The summed E-state index contributed by atoms with van der Waals surface area (Å²) in [6, 6.07) is 14.5.